The first-order chi connectivity index (χ1) is 9.50. The molecule has 120 valence electrons. The molecule has 0 spiro atoms. The lowest BCUT2D eigenvalue weighted by molar-refractivity contribution is 0.143. The van der Waals surface area contributed by atoms with Gasteiger partial charge >= 0.3 is 0 Å². The van der Waals surface area contributed by atoms with Gasteiger partial charge in [-0.3, -0.25) is 0 Å². The van der Waals surface area contributed by atoms with Crippen molar-refractivity contribution in [1.82, 2.24) is 0 Å². The summed E-state index contributed by atoms with van der Waals surface area (Å²) < 4.78 is 6.86. The van der Waals surface area contributed by atoms with Crippen molar-refractivity contribution in [3.05, 3.63) is 11.1 Å². The van der Waals surface area contributed by atoms with Crippen LogP contribution >= 0.6 is 0 Å². The van der Waals surface area contributed by atoms with Crippen molar-refractivity contribution >= 4 is 8.32 Å². The van der Waals surface area contributed by atoms with Crippen molar-refractivity contribution in [3.63, 3.8) is 0 Å². The molecular formula is C19H34OSi. The van der Waals surface area contributed by atoms with E-state index in [-0.39, 0.29) is 0 Å². The molecule has 0 heterocycles. The van der Waals surface area contributed by atoms with Gasteiger partial charge in [-0.2, -0.15) is 0 Å². The van der Waals surface area contributed by atoms with Crippen molar-refractivity contribution in [2.24, 2.45) is 17.3 Å². The fourth-order valence-electron chi connectivity index (χ4n) is 4.73. The summed E-state index contributed by atoms with van der Waals surface area (Å²) in [4.78, 5) is 0. The summed E-state index contributed by atoms with van der Waals surface area (Å²) in [5, 5.41) is 0.329. The Hall–Kier alpha value is -0.0831. The highest BCUT2D eigenvalue weighted by Crippen LogP contribution is 2.58. The van der Waals surface area contributed by atoms with Crippen LogP contribution in [0.5, 0.6) is 0 Å². The summed E-state index contributed by atoms with van der Waals surface area (Å²) in [6, 6.07) is 0. The molecule has 0 aliphatic heterocycles. The van der Waals surface area contributed by atoms with E-state index in [1.165, 1.54) is 32.1 Å². The zero-order chi connectivity index (χ0) is 15.6. The third kappa shape index (κ3) is 2.67. The molecule has 0 amide bonds. The van der Waals surface area contributed by atoms with Gasteiger partial charge < -0.3 is 4.43 Å². The summed E-state index contributed by atoms with van der Waals surface area (Å²) in [7, 11) is -1.63. The van der Waals surface area contributed by atoms with E-state index in [9.17, 15) is 0 Å². The molecule has 1 nitrogen and oxygen atoms in total. The van der Waals surface area contributed by atoms with Crippen LogP contribution in [0.3, 0.4) is 0 Å². The topological polar surface area (TPSA) is 9.23 Å². The second-order valence-corrected chi connectivity index (χ2v) is 14.9. The first-order valence-electron chi connectivity index (χ1n) is 8.89. The molecular weight excluding hydrogens is 272 g/mol. The molecule has 1 saturated carbocycles. The van der Waals surface area contributed by atoms with Gasteiger partial charge in [0.2, 0.25) is 0 Å². The summed E-state index contributed by atoms with van der Waals surface area (Å²) >= 11 is 0. The molecule has 3 aliphatic rings. The third-order valence-corrected chi connectivity index (χ3v) is 11.2. The van der Waals surface area contributed by atoms with Gasteiger partial charge in [-0.1, -0.05) is 45.8 Å². The monoisotopic (exact) mass is 306 g/mol. The number of hydrogen-bond donors (Lipinski definition) is 0. The maximum absolute atomic E-state index is 6.86. The average Bonchev–Trinajstić information content (AvgIpc) is 2.86. The molecule has 0 aromatic carbocycles. The van der Waals surface area contributed by atoms with Gasteiger partial charge in [0.1, 0.15) is 0 Å². The number of rotatable bonds is 2. The largest absolute Gasteiger partial charge is 0.413 e. The van der Waals surface area contributed by atoms with E-state index < -0.39 is 8.32 Å². The first-order valence-corrected chi connectivity index (χ1v) is 11.8. The van der Waals surface area contributed by atoms with E-state index in [4.69, 9.17) is 4.43 Å². The SMILES string of the molecule is CC1(C)CC2=C(C1)[C@@H]1[C@@H](CC[C@H]1O[Si](C)(C)C(C)(C)C)C2. The van der Waals surface area contributed by atoms with Gasteiger partial charge in [-0.15, -0.1) is 0 Å². The minimum atomic E-state index is -1.63. The lowest BCUT2D eigenvalue weighted by atomic mass is 9.81. The van der Waals surface area contributed by atoms with E-state index in [1.54, 1.807) is 0 Å². The van der Waals surface area contributed by atoms with E-state index in [0.717, 1.165) is 11.8 Å². The smallest absolute Gasteiger partial charge is 0.192 e. The zero-order valence-corrected chi connectivity index (χ0v) is 16.2. The Kier molecular flexibility index (Phi) is 3.54. The van der Waals surface area contributed by atoms with Crippen LogP contribution in [0.2, 0.25) is 18.1 Å². The van der Waals surface area contributed by atoms with Gasteiger partial charge in [0.15, 0.2) is 8.32 Å². The van der Waals surface area contributed by atoms with Gasteiger partial charge in [-0.05, 0) is 61.6 Å². The highest BCUT2D eigenvalue weighted by atomic mass is 28.4. The standard InChI is InChI=1S/C19H34OSi/c1-18(2,3)21(6,7)20-16-9-8-13-10-14-11-19(4,5)12-15(14)17(13)16/h13,16-17H,8-12H2,1-7H3/t13-,16+,17-/m0/s1. The van der Waals surface area contributed by atoms with Crippen molar-refractivity contribution < 1.29 is 4.43 Å². The highest BCUT2D eigenvalue weighted by molar-refractivity contribution is 6.74. The molecule has 0 unspecified atom stereocenters. The molecule has 1 fully saturated rings. The molecule has 0 saturated heterocycles. The average molecular weight is 307 g/mol. The molecule has 0 aromatic heterocycles. The Bertz CT molecular complexity index is 466. The van der Waals surface area contributed by atoms with Gasteiger partial charge in [0, 0.05) is 5.92 Å². The lowest BCUT2D eigenvalue weighted by Gasteiger charge is -2.40. The Balaban J connectivity index is 1.78. The van der Waals surface area contributed by atoms with Crippen LogP contribution in [-0.4, -0.2) is 14.4 Å². The van der Waals surface area contributed by atoms with Gasteiger partial charge in [0.05, 0.1) is 6.10 Å². The van der Waals surface area contributed by atoms with Crippen LogP contribution in [0.4, 0.5) is 0 Å². The van der Waals surface area contributed by atoms with Crippen molar-refractivity contribution in [3.8, 4) is 0 Å². The van der Waals surface area contributed by atoms with Gasteiger partial charge in [0.25, 0.3) is 0 Å². The van der Waals surface area contributed by atoms with Crippen LogP contribution in [0, 0.1) is 17.3 Å². The van der Waals surface area contributed by atoms with Crippen molar-refractivity contribution in [2.45, 2.75) is 91.0 Å². The molecule has 0 bridgehead atoms. The highest BCUT2D eigenvalue weighted by Gasteiger charge is 2.51. The maximum Gasteiger partial charge on any atom is 0.192 e. The predicted molar refractivity (Wildman–Crippen MR) is 92.9 cm³/mol. The molecule has 0 radical (unpaired) electrons. The first kappa shape index (κ1) is 15.8. The Morgan fingerprint density at radius 3 is 2.38 bits per heavy atom. The number of fused-ring (bicyclic) bond motifs is 2. The summed E-state index contributed by atoms with van der Waals surface area (Å²) in [6.07, 6.45) is 7.30. The minimum absolute atomic E-state index is 0.329. The molecule has 3 aliphatic carbocycles. The maximum atomic E-state index is 6.86. The van der Waals surface area contributed by atoms with Crippen LogP contribution in [0.1, 0.15) is 66.7 Å². The fraction of sp³-hybridized carbons (Fsp3) is 0.895. The van der Waals surface area contributed by atoms with Crippen molar-refractivity contribution in [1.29, 1.82) is 0 Å². The Labute approximate surface area is 132 Å². The van der Waals surface area contributed by atoms with Crippen molar-refractivity contribution in [2.75, 3.05) is 0 Å². The summed E-state index contributed by atoms with van der Waals surface area (Å²) in [6.45, 7) is 16.8. The minimum Gasteiger partial charge on any atom is -0.413 e. The predicted octanol–water partition coefficient (Wildman–Crippen LogP) is 5.92. The third-order valence-electron chi connectivity index (χ3n) is 6.71. The van der Waals surface area contributed by atoms with Crippen LogP contribution in [0.25, 0.3) is 0 Å². The normalized spacial score (nSPS) is 35.3. The van der Waals surface area contributed by atoms with Crippen LogP contribution in [0.15, 0.2) is 11.1 Å². The van der Waals surface area contributed by atoms with E-state index in [0.29, 0.717) is 16.6 Å². The summed E-state index contributed by atoms with van der Waals surface area (Å²) in [5.74, 6) is 1.69. The molecule has 0 aromatic rings. The molecule has 2 heteroatoms. The number of allylic oxidation sites excluding steroid dienone is 1. The van der Waals surface area contributed by atoms with Gasteiger partial charge in [-0.25, -0.2) is 0 Å². The fourth-order valence-corrected chi connectivity index (χ4v) is 6.11. The number of hydrogen-bond acceptors (Lipinski definition) is 1. The quantitative estimate of drug-likeness (QED) is 0.454. The summed E-state index contributed by atoms with van der Waals surface area (Å²) in [5.41, 5.74) is 4.16. The van der Waals surface area contributed by atoms with E-state index >= 15 is 0 Å². The molecule has 3 rings (SSSR count). The molecule has 3 atom stereocenters. The van der Waals surface area contributed by atoms with E-state index in [1.807, 2.05) is 11.1 Å². The van der Waals surface area contributed by atoms with E-state index in [2.05, 4.69) is 47.7 Å². The second kappa shape index (κ2) is 4.71. The lowest BCUT2D eigenvalue weighted by Crippen LogP contribution is -2.45. The molecule has 0 N–H and O–H groups in total. The second-order valence-electron chi connectivity index (χ2n) is 10.1. The molecule has 21 heavy (non-hydrogen) atoms. The Morgan fingerprint density at radius 2 is 1.76 bits per heavy atom. The Morgan fingerprint density at radius 1 is 1.10 bits per heavy atom. The van der Waals surface area contributed by atoms with Crippen LogP contribution in [-0.2, 0) is 4.43 Å². The van der Waals surface area contributed by atoms with Crippen LogP contribution < -0.4 is 0 Å². The zero-order valence-electron chi connectivity index (χ0n) is 15.2.